The monoisotopic (exact) mass is 613 g/mol. The van der Waals surface area contributed by atoms with E-state index in [1.807, 2.05) is 6.07 Å². The molecule has 0 N–H and O–H groups in total. The lowest BCUT2D eigenvalue weighted by molar-refractivity contribution is 0.668. The zero-order chi connectivity index (χ0) is 31.6. The van der Waals surface area contributed by atoms with Crippen LogP contribution in [0.5, 0.6) is 0 Å². The van der Waals surface area contributed by atoms with Crippen molar-refractivity contribution >= 4 is 71.7 Å². The molecule has 0 spiro atoms. The molecule has 1 unspecified atom stereocenters. The van der Waals surface area contributed by atoms with Gasteiger partial charge in [0, 0.05) is 27.7 Å². The minimum Gasteiger partial charge on any atom is -0.456 e. The number of rotatable bonds is 4. The molecule has 2 heteroatoms. The lowest BCUT2D eigenvalue weighted by Gasteiger charge is -2.36. The standard InChI is InChI=1S/C46H31NO/c1-2-10-30(11-3-1)37-13-6-8-16-42(37)47(36-24-22-32-23-27-44-46(41(32)29-36)40-15-7-9-17-43(40)48-44)35-25-26-39-34(28-35)21-20-33-19-18-31-12-4-5-14-38(31)45(33)39/h1-28,36H,29H2. The average molecular weight is 614 g/mol. The molecule has 1 aromatic heterocycles. The number of benzene rings is 8. The van der Waals surface area contributed by atoms with Crippen molar-refractivity contribution in [2.24, 2.45) is 0 Å². The summed E-state index contributed by atoms with van der Waals surface area (Å²) in [4.78, 5) is 2.55. The summed E-state index contributed by atoms with van der Waals surface area (Å²) in [6, 6.07) is 57.2. The number of hydrogen-bond donors (Lipinski definition) is 0. The van der Waals surface area contributed by atoms with Gasteiger partial charge in [0.2, 0.25) is 0 Å². The minimum atomic E-state index is 0.0837. The van der Waals surface area contributed by atoms with Gasteiger partial charge in [-0.15, -0.1) is 0 Å². The van der Waals surface area contributed by atoms with E-state index in [0.717, 1.165) is 17.6 Å². The highest BCUT2D eigenvalue weighted by Gasteiger charge is 2.27. The number of anilines is 2. The van der Waals surface area contributed by atoms with E-state index in [2.05, 4.69) is 169 Å². The van der Waals surface area contributed by atoms with Crippen LogP contribution in [-0.2, 0) is 6.42 Å². The molecule has 226 valence electrons. The number of fused-ring (bicyclic) bond motifs is 10. The van der Waals surface area contributed by atoms with Crippen LogP contribution in [0.15, 0.2) is 168 Å². The van der Waals surface area contributed by atoms with Crippen LogP contribution in [-0.4, -0.2) is 6.04 Å². The van der Waals surface area contributed by atoms with Crippen molar-refractivity contribution in [2.75, 3.05) is 4.90 Å². The molecular weight excluding hydrogens is 583 g/mol. The maximum atomic E-state index is 6.34. The SMILES string of the molecule is C1=CC(N(c2ccc3c(ccc4ccc5ccccc5c43)c2)c2ccccc2-c2ccccc2)Cc2c1ccc1oc3ccccc3c21. The molecule has 1 heterocycles. The van der Waals surface area contributed by atoms with Gasteiger partial charge < -0.3 is 9.32 Å². The Kier molecular flexibility index (Phi) is 6.04. The molecule has 0 saturated heterocycles. The molecule has 1 aliphatic carbocycles. The molecule has 0 aliphatic heterocycles. The van der Waals surface area contributed by atoms with Crippen LogP contribution in [0.2, 0.25) is 0 Å². The molecule has 10 rings (SSSR count). The molecule has 0 bridgehead atoms. The van der Waals surface area contributed by atoms with Crippen molar-refractivity contribution in [2.45, 2.75) is 12.5 Å². The predicted octanol–water partition coefficient (Wildman–Crippen LogP) is 12.5. The third kappa shape index (κ3) is 4.19. The molecule has 0 amide bonds. The van der Waals surface area contributed by atoms with Gasteiger partial charge in [0.15, 0.2) is 0 Å². The van der Waals surface area contributed by atoms with Crippen LogP contribution in [0, 0.1) is 0 Å². The van der Waals surface area contributed by atoms with E-state index >= 15 is 0 Å². The Labute approximate surface area is 278 Å². The third-order valence-electron chi connectivity index (χ3n) is 10.2. The Morgan fingerprint density at radius 2 is 1.25 bits per heavy atom. The highest BCUT2D eigenvalue weighted by molar-refractivity contribution is 6.20. The van der Waals surface area contributed by atoms with Crippen LogP contribution >= 0.6 is 0 Å². The Balaban J connectivity index is 1.19. The number of hydrogen-bond acceptors (Lipinski definition) is 2. The maximum absolute atomic E-state index is 6.34. The highest BCUT2D eigenvalue weighted by atomic mass is 16.3. The zero-order valence-corrected chi connectivity index (χ0v) is 26.3. The van der Waals surface area contributed by atoms with Crippen LogP contribution in [0.3, 0.4) is 0 Å². The first-order valence-corrected chi connectivity index (χ1v) is 16.7. The summed E-state index contributed by atoms with van der Waals surface area (Å²) in [5.74, 6) is 0. The molecule has 8 aromatic carbocycles. The number of furan rings is 1. The fourth-order valence-electron chi connectivity index (χ4n) is 7.98. The highest BCUT2D eigenvalue weighted by Crippen LogP contribution is 2.43. The Morgan fingerprint density at radius 1 is 0.521 bits per heavy atom. The van der Waals surface area contributed by atoms with Crippen molar-refractivity contribution in [3.63, 3.8) is 0 Å². The van der Waals surface area contributed by atoms with E-state index in [-0.39, 0.29) is 6.04 Å². The smallest absolute Gasteiger partial charge is 0.135 e. The first-order valence-electron chi connectivity index (χ1n) is 16.7. The van der Waals surface area contributed by atoms with Crippen molar-refractivity contribution in [1.82, 2.24) is 0 Å². The Hall–Kier alpha value is -6.12. The molecule has 0 fully saturated rings. The molecule has 0 radical (unpaired) electrons. The van der Waals surface area contributed by atoms with Crippen molar-refractivity contribution in [1.29, 1.82) is 0 Å². The van der Waals surface area contributed by atoms with Crippen molar-refractivity contribution < 1.29 is 4.42 Å². The normalized spacial score (nSPS) is 14.3. The van der Waals surface area contributed by atoms with Crippen LogP contribution in [0.1, 0.15) is 11.1 Å². The van der Waals surface area contributed by atoms with Gasteiger partial charge in [-0.3, -0.25) is 0 Å². The lowest BCUT2D eigenvalue weighted by Crippen LogP contribution is -2.33. The summed E-state index contributed by atoms with van der Waals surface area (Å²) in [5, 5.41) is 10.1. The lowest BCUT2D eigenvalue weighted by atomic mass is 9.88. The minimum absolute atomic E-state index is 0.0837. The maximum Gasteiger partial charge on any atom is 0.135 e. The molecule has 2 nitrogen and oxygen atoms in total. The zero-order valence-electron chi connectivity index (χ0n) is 26.3. The van der Waals surface area contributed by atoms with Gasteiger partial charge in [-0.25, -0.2) is 0 Å². The molecule has 48 heavy (non-hydrogen) atoms. The van der Waals surface area contributed by atoms with Crippen LogP contribution in [0.25, 0.3) is 71.5 Å². The van der Waals surface area contributed by atoms with Gasteiger partial charge in [0.05, 0.1) is 6.04 Å². The summed E-state index contributed by atoms with van der Waals surface area (Å²) >= 11 is 0. The van der Waals surface area contributed by atoms with Crippen LogP contribution in [0.4, 0.5) is 11.4 Å². The summed E-state index contributed by atoms with van der Waals surface area (Å²) in [6.07, 6.45) is 5.55. The van der Waals surface area contributed by atoms with E-state index in [1.165, 1.54) is 76.7 Å². The van der Waals surface area contributed by atoms with Crippen molar-refractivity contribution in [3.8, 4) is 11.1 Å². The van der Waals surface area contributed by atoms with E-state index in [4.69, 9.17) is 4.42 Å². The fourth-order valence-corrected chi connectivity index (χ4v) is 7.98. The first kappa shape index (κ1) is 27.0. The Morgan fingerprint density at radius 3 is 2.17 bits per heavy atom. The largest absolute Gasteiger partial charge is 0.456 e. The van der Waals surface area contributed by atoms with E-state index in [9.17, 15) is 0 Å². The van der Waals surface area contributed by atoms with E-state index in [1.54, 1.807) is 0 Å². The summed E-state index contributed by atoms with van der Waals surface area (Å²) in [6.45, 7) is 0. The van der Waals surface area contributed by atoms with Gasteiger partial charge in [0.25, 0.3) is 0 Å². The fraction of sp³-hybridized carbons (Fsp3) is 0.0435. The quantitative estimate of drug-likeness (QED) is 0.184. The summed E-state index contributed by atoms with van der Waals surface area (Å²) in [5.41, 5.74) is 9.28. The average Bonchev–Trinajstić information content (AvgIpc) is 3.54. The van der Waals surface area contributed by atoms with Crippen molar-refractivity contribution in [3.05, 3.63) is 175 Å². The number of nitrogens with zero attached hydrogens (tertiary/aromatic N) is 1. The summed E-state index contributed by atoms with van der Waals surface area (Å²) < 4.78 is 6.34. The third-order valence-corrected chi connectivity index (χ3v) is 10.2. The molecule has 0 saturated carbocycles. The second-order valence-corrected chi connectivity index (χ2v) is 12.8. The second-order valence-electron chi connectivity index (χ2n) is 12.8. The van der Waals surface area contributed by atoms with Gasteiger partial charge in [0.1, 0.15) is 11.2 Å². The molecular formula is C46H31NO. The van der Waals surface area contributed by atoms with Gasteiger partial charge >= 0.3 is 0 Å². The summed E-state index contributed by atoms with van der Waals surface area (Å²) in [7, 11) is 0. The molecule has 1 atom stereocenters. The van der Waals surface area contributed by atoms with E-state index < -0.39 is 0 Å². The second kappa shape index (κ2) is 10.7. The first-order chi connectivity index (χ1) is 23.8. The Bertz CT molecular complexity index is 2720. The van der Waals surface area contributed by atoms with Gasteiger partial charge in [-0.2, -0.15) is 0 Å². The number of para-hydroxylation sites is 2. The molecule has 1 aliphatic rings. The van der Waals surface area contributed by atoms with Gasteiger partial charge in [-0.1, -0.05) is 140 Å². The topological polar surface area (TPSA) is 16.4 Å². The van der Waals surface area contributed by atoms with Crippen LogP contribution < -0.4 is 4.90 Å². The van der Waals surface area contributed by atoms with E-state index in [0.29, 0.717) is 0 Å². The predicted molar refractivity (Wildman–Crippen MR) is 203 cm³/mol. The molecule has 9 aromatic rings. The van der Waals surface area contributed by atoms with Gasteiger partial charge in [-0.05, 0) is 85.8 Å².